The highest BCUT2D eigenvalue weighted by atomic mass is 32.2. The van der Waals surface area contributed by atoms with Crippen molar-refractivity contribution >= 4 is 27.3 Å². The third-order valence-electron chi connectivity index (χ3n) is 4.52. The number of quaternary nitrogens is 1. The zero-order chi connectivity index (χ0) is 22.1. The summed E-state index contributed by atoms with van der Waals surface area (Å²) in [7, 11) is -4.12. The highest BCUT2D eigenvalue weighted by Crippen LogP contribution is 2.39. The Hall–Kier alpha value is -2.92. The van der Waals surface area contributed by atoms with Crippen LogP contribution in [0.15, 0.2) is 64.6 Å². The number of hydrazone groups is 1. The maximum Gasteiger partial charge on any atom is 0.431 e. The largest absolute Gasteiger partial charge is 0.431 e. The summed E-state index contributed by atoms with van der Waals surface area (Å²) in [4.78, 5) is 11.5. The fraction of sp³-hybridized carbons (Fsp3) is 0.263. The van der Waals surface area contributed by atoms with E-state index in [9.17, 15) is 26.4 Å². The van der Waals surface area contributed by atoms with Gasteiger partial charge in [-0.3, -0.25) is 9.80 Å². The summed E-state index contributed by atoms with van der Waals surface area (Å²) in [5.41, 5.74) is 3.48. The van der Waals surface area contributed by atoms with Crippen molar-refractivity contribution in [1.82, 2.24) is 4.72 Å². The zero-order valence-corrected chi connectivity index (χ0v) is 16.7. The van der Waals surface area contributed by atoms with E-state index in [1.54, 1.807) is 30.3 Å². The van der Waals surface area contributed by atoms with Gasteiger partial charge in [-0.2, -0.15) is 18.3 Å². The number of nitrogens with one attached hydrogen (secondary N) is 1. The summed E-state index contributed by atoms with van der Waals surface area (Å²) >= 11 is 0. The van der Waals surface area contributed by atoms with E-state index in [1.165, 1.54) is 36.2 Å². The topological polar surface area (TPSA) is 106 Å². The second kappa shape index (κ2) is 8.07. The molecular formula is C19H20F3N4O3S+. The quantitative estimate of drug-likeness (QED) is 0.740. The molecule has 160 valence electrons. The summed E-state index contributed by atoms with van der Waals surface area (Å²) in [5.74, 6) is -0.762. The van der Waals surface area contributed by atoms with Crippen LogP contribution in [0, 0.1) is 0 Å². The van der Waals surface area contributed by atoms with E-state index < -0.39 is 39.9 Å². The van der Waals surface area contributed by atoms with Gasteiger partial charge in [0.2, 0.25) is 0 Å². The van der Waals surface area contributed by atoms with Gasteiger partial charge in [0.05, 0.1) is 16.6 Å². The Labute approximate surface area is 171 Å². The Kier molecular flexibility index (Phi) is 5.86. The number of hydrogen-bond acceptors (Lipinski definition) is 5. The monoisotopic (exact) mass is 441 g/mol. The number of carbonyl (C=O) groups is 1. The maximum atomic E-state index is 13.3. The minimum Gasteiger partial charge on any atom is -0.348 e. The molecule has 0 fully saturated rings. The van der Waals surface area contributed by atoms with Crippen molar-refractivity contribution in [2.75, 3.05) is 5.01 Å². The fourth-order valence-corrected chi connectivity index (χ4v) is 4.00. The molecule has 2 atom stereocenters. The molecule has 11 heteroatoms. The summed E-state index contributed by atoms with van der Waals surface area (Å²) in [6.45, 7) is 1.45. The van der Waals surface area contributed by atoms with Gasteiger partial charge in [0.15, 0.2) is 6.04 Å². The number of benzene rings is 2. The van der Waals surface area contributed by atoms with Crippen molar-refractivity contribution in [3.05, 3.63) is 60.2 Å². The van der Waals surface area contributed by atoms with Gasteiger partial charge in [0.1, 0.15) is 5.71 Å². The Morgan fingerprint density at radius 3 is 2.30 bits per heavy atom. The number of carbonyl (C=O) groups excluding carboxylic acids is 1. The SMILES string of the molecule is CC([NH3+])C(=O)NS(=O)(=O)c1ccc(N2N=C(C(F)(F)F)CC2c2ccccc2)cc1. The van der Waals surface area contributed by atoms with Crippen LogP contribution in [0.2, 0.25) is 0 Å². The molecule has 1 aliphatic rings. The predicted octanol–water partition coefficient (Wildman–Crippen LogP) is 1.99. The molecule has 0 bridgehead atoms. The van der Waals surface area contributed by atoms with Crippen molar-refractivity contribution in [2.24, 2.45) is 5.10 Å². The normalized spacial score (nSPS) is 18.1. The van der Waals surface area contributed by atoms with Crippen LogP contribution in [0.4, 0.5) is 18.9 Å². The van der Waals surface area contributed by atoms with E-state index in [-0.39, 0.29) is 11.3 Å². The molecule has 0 saturated heterocycles. The lowest BCUT2D eigenvalue weighted by Crippen LogP contribution is -2.66. The van der Waals surface area contributed by atoms with Crippen molar-refractivity contribution in [3.63, 3.8) is 0 Å². The average molecular weight is 441 g/mol. The first-order valence-electron chi connectivity index (χ1n) is 8.97. The van der Waals surface area contributed by atoms with Crippen LogP contribution in [0.25, 0.3) is 0 Å². The molecule has 4 N–H and O–H groups in total. The van der Waals surface area contributed by atoms with Crippen molar-refractivity contribution in [1.29, 1.82) is 0 Å². The van der Waals surface area contributed by atoms with Gasteiger partial charge >= 0.3 is 6.18 Å². The van der Waals surface area contributed by atoms with Gasteiger partial charge in [-0.1, -0.05) is 30.3 Å². The first-order chi connectivity index (χ1) is 14.0. The van der Waals surface area contributed by atoms with Gasteiger partial charge in [-0.15, -0.1) is 0 Å². The molecule has 0 radical (unpaired) electrons. The standard InChI is InChI=1S/C19H19F3N4O3S/c1-12(23)18(27)25-30(28,29)15-9-7-14(8-10-15)26-16(13-5-3-2-4-6-13)11-17(24-26)19(20,21)22/h2-10,12,16H,11,23H2,1H3,(H,25,27)/p+1. The van der Waals surface area contributed by atoms with Gasteiger partial charge in [0.25, 0.3) is 15.9 Å². The lowest BCUT2D eigenvalue weighted by molar-refractivity contribution is -0.397. The van der Waals surface area contributed by atoms with Crippen LogP contribution in [0.3, 0.4) is 0 Å². The molecule has 2 unspecified atom stereocenters. The minimum atomic E-state index is -4.57. The van der Waals surface area contributed by atoms with Gasteiger partial charge in [-0.25, -0.2) is 13.1 Å². The number of halogens is 3. The van der Waals surface area contributed by atoms with Gasteiger partial charge in [0, 0.05) is 6.42 Å². The lowest BCUT2D eigenvalue weighted by Gasteiger charge is -2.24. The Morgan fingerprint density at radius 2 is 1.77 bits per heavy atom. The van der Waals surface area contributed by atoms with E-state index in [2.05, 4.69) is 10.8 Å². The van der Waals surface area contributed by atoms with Crippen LogP contribution in [0.5, 0.6) is 0 Å². The Bertz CT molecular complexity index is 1050. The number of sulfonamides is 1. The molecule has 3 rings (SSSR count). The lowest BCUT2D eigenvalue weighted by atomic mass is 10.0. The number of anilines is 1. The van der Waals surface area contributed by atoms with Gasteiger partial charge in [-0.05, 0) is 36.8 Å². The second-order valence-electron chi connectivity index (χ2n) is 6.88. The molecule has 1 aliphatic heterocycles. The Balaban J connectivity index is 1.92. The minimum absolute atomic E-state index is 0.198. The van der Waals surface area contributed by atoms with Crippen LogP contribution < -0.4 is 15.5 Å². The predicted molar refractivity (Wildman–Crippen MR) is 104 cm³/mol. The van der Waals surface area contributed by atoms with E-state index in [4.69, 9.17) is 0 Å². The second-order valence-corrected chi connectivity index (χ2v) is 8.57. The van der Waals surface area contributed by atoms with Crippen LogP contribution in [0.1, 0.15) is 24.9 Å². The molecule has 0 aliphatic carbocycles. The molecule has 0 spiro atoms. The van der Waals surface area contributed by atoms with Crippen molar-refractivity contribution < 1.29 is 32.1 Å². The van der Waals surface area contributed by atoms with E-state index in [1.807, 2.05) is 4.72 Å². The van der Waals surface area contributed by atoms with Gasteiger partial charge < -0.3 is 5.73 Å². The third-order valence-corrected chi connectivity index (χ3v) is 5.88. The molecule has 1 amide bonds. The molecule has 0 aromatic heterocycles. The number of alkyl halides is 3. The number of amides is 1. The van der Waals surface area contributed by atoms with E-state index in [0.29, 0.717) is 11.3 Å². The first-order valence-corrected chi connectivity index (χ1v) is 10.5. The summed E-state index contributed by atoms with van der Waals surface area (Å²) in [5, 5.41) is 4.98. The fourth-order valence-electron chi connectivity index (χ4n) is 2.92. The van der Waals surface area contributed by atoms with Crippen LogP contribution in [-0.4, -0.2) is 32.3 Å². The van der Waals surface area contributed by atoms with E-state index >= 15 is 0 Å². The molecule has 2 aromatic rings. The highest BCUT2D eigenvalue weighted by Gasteiger charge is 2.43. The number of rotatable bonds is 5. The zero-order valence-electron chi connectivity index (χ0n) is 15.9. The first kappa shape index (κ1) is 21.8. The molecular weight excluding hydrogens is 421 g/mol. The average Bonchev–Trinajstić information content (AvgIpc) is 3.14. The van der Waals surface area contributed by atoms with Crippen molar-refractivity contribution in [2.45, 2.75) is 36.5 Å². The highest BCUT2D eigenvalue weighted by molar-refractivity contribution is 7.90. The maximum absolute atomic E-state index is 13.3. The third kappa shape index (κ3) is 4.62. The number of hydrogen-bond donors (Lipinski definition) is 2. The summed E-state index contributed by atoms with van der Waals surface area (Å²) < 4.78 is 66.3. The summed E-state index contributed by atoms with van der Waals surface area (Å²) in [6, 6.07) is 12.3. The van der Waals surface area contributed by atoms with Crippen LogP contribution in [-0.2, 0) is 14.8 Å². The molecule has 7 nitrogen and oxygen atoms in total. The molecule has 1 heterocycles. The smallest absolute Gasteiger partial charge is 0.348 e. The van der Waals surface area contributed by atoms with Crippen molar-refractivity contribution in [3.8, 4) is 0 Å². The summed E-state index contributed by atoms with van der Waals surface area (Å²) in [6.07, 6.45) is -4.90. The number of nitrogens with zero attached hydrogens (tertiary/aromatic N) is 2. The molecule has 0 saturated carbocycles. The van der Waals surface area contributed by atoms with E-state index in [0.717, 1.165) is 0 Å². The van der Waals surface area contributed by atoms with Crippen LogP contribution >= 0.6 is 0 Å². The Morgan fingerprint density at radius 1 is 1.17 bits per heavy atom. The molecule has 2 aromatic carbocycles. The molecule has 30 heavy (non-hydrogen) atoms.